The van der Waals surface area contributed by atoms with Gasteiger partial charge in [0.2, 0.25) is 5.91 Å². The van der Waals surface area contributed by atoms with Gasteiger partial charge < -0.3 is 21.6 Å². The highest BCUT2D eigenvalue weighted by Gasteiger charge is 2.12. The fourth-order valence-corrected chi connectivity index (χ4v) is 1.29. The number of amides is 1. The molecule has 0 aliphatic heterocycles. The maximum Gasteiger partial charge on any atom is 0.335 e. The molecule has 0 radical (unpaired) electrons. The van der Waals surface area contributed by atoms with Gasteiger partial charge >= 0.3 is 5.97 Å². The number of carboxylic acid groups (broad SMARTS) is 1. The van der Waals surface area contributed by atoms with E-state index in [2.05, 4.69) is 15.7 Å². The van der Waals surface area contributed by atoms with Crippen molar-refractivity contribution in [2.45, 2.75) is 13.8 Å². The lowest BCUT2D eigenvalue weighted by atomic mass is 10.1. The van der Waals surface area contributed by atoms with Crippen LogP contribution in [0.4, 0.5) is 11.4 Å². The first kappa shape index (κ1) is 14.5. The highest BCUT2D eigenvalue weighted by Crippen LogP contribution is 2.23. The molecule has 1 rings (SSSR count). The minimum absolute atomic E-state index is 0.0930. The molecule has 5 N–H and O–H groups in total. The summed E-state index contributed by atoms with van der Waals surface area (Å²) in [7, 11) is 0. The molecule has 0 unspecified atom stereocenters. The van der Waals surface area contributed by atoms with Gasteiger partial charge in [0.1, 0.15) is 6.34 Å². The molecule has 0 aromatic heterocycles. The quantitative estimate of drug-likeness (QED) is 0.277. The first-order valence-corrected chi connectivity index (χ1v) is 5.62. The molecule has 19 heavy (non-hydrogen) atoms. The summed E-state index contributed by atoms with van der Waals surface area (Å²) in [5, 5.41) is 17.6. The largest absolute Gasteiger partial charge is 0.478 e. The number of carboxylic acids is 1. The van der Waals surface area contributed by atoms with Gasteiger partial charge in [-0.05, 0) is 18.2 Å². The highest BCUT2D eigenvalue weighted by atomic mass is 16.4. The van der Waals surface area contributed by atoms with E-state index in [1.54, 1.807) is 13.8 Å². The summed E-state index contributed by atoms with van der Waals surface area (Å²) < 4.78 is 0. The van der Waals surface area contributed by atoms with Gasteiger partial charge in [-0.3, -0.25) is 4.79 Å². The van der Waals surface area contributed by atoms with Gasteiger partial charge in [-0.1, -0.05) is 13.8 Å². The lowest BCUT2D eigenvalue weighted by Crippen LogP contribution is -2.19. The normalized spacial score (nSPS) is 10.7. The molecule has 0 spiro atoms. The van der Waals surface area contributed by atoms with E-state index in [1.807, 2.05) is 0 Å². The molecule has 1 aromatic carbocycles. The summed E-state index contributed by atoms with van der Waals surface area (Å²) in [5.41, 5.74) is 0.960. The van der Waals surface area contributed by atoms with E-state index in [4.69, 9.17) is 10.9 Å². The van der Waals surface area contributed by atoms with Crippen LogP contribution < -0.4 is 16.5 Å². The summed E-state index contributed by atoms with van der Waals surface area (Å²) in [6.45, 7) is 3.52. The van der Waals surface area contributed by atoms with Crippen LogP contribution in [0.25, 0.3) is 0 Å². The molecule has 7 heteroatoms. The van der Waals surface area contributed by atoms with Crippen molar-refractivity contribution in [1.29, 1.82) is 0 Å². The Morgan fingerprint density at radius 3 is 2.58 bits per heavy atom. The molecule has 0 bridgehead atoms. The van der Waals surface area contributed by atoms with Crippen molar-refractivity contribution in [2.24, 2.45) is 16.9 Å². The fraction of sp³-hybridized carbons (Fsp3) is 0.250. The molecule has 1 amide bonds. The Bertz CT molecular complexity index is 512. The van der Waals surface area contributed by atoms with Crippen LogP contribution in [0.1, 0.15) is 24.2 Å². The minimum Gasteiger partial charge on any atom is -0.478 e. The molecule has 0 saturated heterocycles. The highest BCUT2D eigenvalue weighted by molar-refractivity contribution is 5.99. The van der Waals surface area contributed by atoms with E-state index < -0.39 is 5.97 Å². The summed E-state index contributed by atoms with van der Waals surface area (Å²) in [6, 6.07) is 4.30. The summed E-state index contributed by atoms with van der Waals surface area (Å²) in [5.74, 6) is 3.56. The molecule has 1 aromatic rings. The van der Waals surface area contributed by atoms with Gasteiger partial charge in [0, 0.05) is 5.92 Å². The second kappa shape index (κ2) is 6.39. The zero-order valence-electron chi connectivity index (χ0n) is 10.7. The third-order valence-corrected chi connectivity index (χ3v) is 2.34. The molecular weight excluding hydrogens is 248 g/mol. The lowest BCUT2D eigenvalue weighted by molar-refractivity contribution is -0.118. The molecule has 0 aliphatic carbocycles. The number of carbonyl (C=O) groups excluding carboxylic acids is 1. The molecular formula is C12H16N4O3. The molecule has 0 fully saturated rings. The Labute approximate surface area is 110 Å². The van der Waals surface area contributed by atoms with E-state index in [9.17, 15) is 9.59 Å². The van der Waals surface area contributed by atoms with Crippen LogP contribution in [0.2, 0.25) is 0 Å². The molecule has 0 saturated carbocycles. The summed E-state index contributed by atoms with van der Waals surface area (Å²) in [4.78, 5) is 22.5. The van der Waals surface area contributed by atoms with E-state index in [1.165, 1.54) is 24.5 Å². The average Bonchev–Trinajstić information content (AvgIpc) is 2.37. The van der Waals surface area contributed by atoms with E-state index in [-0.39, 0.29) is 17.4 Å². The van der Waals surface area contributed by atoms with Crippen molar-refractivity contribution in [3.63, 3.8) is 0 Å². The number of nitrogens with zero attached hydrogens (tertiary/aromatic N) is 1. The lowest BCUT2D eigenvalue weighted by Gasteiger charge is -2.13. The van der Waals surface area contributed by atoms with Crippen molar-refractivity contribution >= 4 is 29.6 Å². The molecule has 7 nitrogen and oxygen atoms in total. The van der Waals surface area contributed by atoms with Crippen LogP contribution in [0, 0.1) is 5.92 Å². The average molecular weight is 264 g/mol. The molecule has 0 aliphatic rings. The Hall–Kier alpha value is -2.57. The van der Waals surface area contributed by atoms with Crippen LogP contribution in [0.3, 0.4) is 0 Å². The summed E-state index contributed by atoms with van der Waals surface area (Å²) >= 11 is 0. The van der Waals surface area contributed by atoms with Gasteiger partial charge in [0.15, 0.2) is 0 Å². The number of hydrazone groups is 1. The van der Waals surface area contributed by atoms with E-state index >= 15 is 0 Å². The standard InChI is InChI=1S/C12H16N4O3/c1-7(2)11(17)16-9-4-3-8(12(18)19)5-10(9)14-6-15-13/h3-7H,13H2,1-2H3,(H,14,15)(H,16,17)(H,18,19). The van der Waals surface area contributed by atoms with Crippen molar-refractivity contribution in [1.82, 2.24) is 0 Å². The zero-order chi connectivity index (χ0) is 14.4. The number of anilines is 2. The zero-order valence-corrected chi connectivity index (χ0v) is 10.7. The molecule has 0 heterocycles. The fourth-order valence-electron chi connectivity index (χ4n) is 1.29. The van der Waals surface area contributed by atoms with Crippen molar-refractivity contribution in [2.75, 3.05) is 10.6 Å². The Kier molecular flexibility index (Phi) is 4.87. The first-order chi connectivity index (χ1) is 8.95. The monoisotopic (exact) mass is 264 g/mol. The van der Waals surface area contributed by atoms with Crippen molar-refractivity contribution < 1.29 is 14.7 Å². The van der Waals surface area contributed by atoms with Crippen LogP contribution in [0.15, 0.2) is 23.3 Å². The SMILES string of the molecule is CC(C)C(=O)Nc1ccc(C(=O)O)cc1NC=NN. The maximum absolute atomic E-state index is 11.6. The van der Waals surface area contributed by atoms with Crippen LogP contribution in [-0.4, -0.2) is 23.3 Å². The number of benzene rings is 1. The first-order valence-electron chi connectivity index (χ1n) is 5.62. The second-order valence-corrected chi connectivity index (χ2v) is 4.13. The Morgan fingerprint density at radius 1 is 1.37 bits per heavy atom. The number of nitrogens with two attached hydrogens (primary N) is 1. The smallest absolute Gasteiger partial charge is 0.335 e. The van der Waals surface area contributed by atoms with Crippen LogP contribution in [0.5, 0.6) is 0 Å². The number of rotatable bonds is 5. The second-order valence-electron chi connectivity index (χ2n) is 4.13. The van der Waals surface area contributed by atoms with Gasteiger partial charge in [-0.25, -0.2) is 4.79 Å². The Balaban J connectivity index is 3.08. The van der Waals surface area contributed by atoms with Crippen molar-refractivity contribution in [3.8, 4) is 0 Å². The van der Waals surface area contributed by atoms with Crippen LogP contribution >= 0.6 is 0 Å². The van der Waals surface area contributed by atoms with Crippen molar-refractivity contribution in [3.05, 3.63) is 23.8 Å². The summed E-state index contributed by atoms with van der Waals surface area (Å²) in [6.07, 6.45) is 1.20. The molecule has 0 atom stereocenters. The third kappa shape index (κ3) is 3.98. The Morgan fingerprint density at radius 2 is 2.05 bits per heavy atom. The predicted octanol–water partition coefficient (Wildman–Crippen LogP) is 1.29. The molecule has 102 valence electrons. The van der Waals surface area contributed by atoms with Gasteiger partial charge in [0.25, 0.3) is 0 Å². The third-order valence-electron chi connectivity index (χ3n) is 2.34. The van der Waals surface area contributed by atoms with Crippen LogP contribution in [-0.2, 0) is 4.79 Å². The van der Waals surface area contributed by atoms with Gasteiger partial charge in [-0.2, -0.15) is 5.10 Å². The number of nitrogens with one attached hydrogen (secondary N) is 2. The van der Waals surface area contributed by atoms with Gasteiger partial charge in [-0.15, -0.1) is 0 Å². The van der Waals surface area contributed by atoms with E-state index in [0.717, 1.165) is 0 Å². The number of hydrogen-bond acceptors (Lipinski definition) is 4. The maximum atomic E-state index is 11.6. The predicted molar refractivity (Wildman–Crippen MR) is 73.2 cm³/mol. The number of carbonyl (C=O) groups is 2. The van der Waals surface area contributed by atoms with Gasteiger partial charge in [0.05, 0.1) is 16.9 Å². The van der Waals surface area contributed by atoms with E-state index in [0.29, 0.717) is 11.4 Å². The number of aromatic carboxylic acids is 1. The minimum atomic E-state index is -1.06. The number of hydrogen-bond donors (Lipinski definition) is 4. The topological polar surface area (TPSA) is 117 Å².